The van der Waals surface area contributed by atoms with Crippen molar-refractivity contribution in [2.45, 2.75) is 19.4 Å². The van der Waals surface area contributed by atoms with Crippen LogP contribution in [0.4, 0.5) is 0 Å². The van der Waals surface area contributed by atoms with E-state index in [9.17, 15) is 14.4 Å². The molecule has 116 valence electrons. The topological polar surface area (TPSA) is 63.2 Å². The van der Waals surface area contributed by atoms with Gasteiger partial charge >= 0.3 is 0 Å². The summed E-state index contributed by atoms with van der Waals surface area (Å²) in [7, 11) is 0. The van der Waals surface area contributed by atoms with E-state index in [-0.39, 0.29) is 18.2 Å². The summed E-state index contributed by atoms with van der Waals surface area (Å²) in [4.78, 5) is 37.4. The van der Waals surface area contributed by atoms with E-state index in [0.29, 0.717) is 5.56 Å². The molecule has 2 aromatic rings. The number of nitrogens with one attached hydrogen (secondary N) is 1. The molecule has 0 aliphatic carbocycles. The number of benzene rings is 2. The summed E-state index contributed by atoms with van der Waals surface area (Å²) in [6.45, 7) is 1.80. The second-order valence-corrected chi connectivity index (χ2v) is 5.75. The van der Waals surface area contributed by atoms with Gasteiger partial charge in [-0.1, -0.05) is 54.6 Å². The molecule has 23 heavy (non-hydrogen) atoms. The molecule has 1 N–H and O–H groups in total. The fraction of sp³-hybridized carbons (Fsp3) is 0.211. The molecule has 0 radical (unpaired) electrons. The number of aryl methyl sites for hydroxylation is 1. The van der Waals surface area contributed by atoms with E-state index < -0.39 is 17.6 Å². The number of Topliss-reactive ketones (excluding diaryl/α,β-unsaturated/α-hetero) is 2. The molecule has 4 heteroatoms. The fourth-order valence-corrected chi connectivity index (χ4v) is 2.93. The molecule has 0 spiro atoms. The van der Waals surface area contributed by atoms with Crippen LogP contribution in [0.5, 0.6) is 0 Å². The van der Waals surface area contributed by atoms with Crippen molar-refractivity contribution in [1.82, 2.24) is 5.32 Å². The van der Waals surface area contributed by atoms with Crippen LogP contribution in [-0.2, 0) is 9.59 Å². The third kappa shape index (κ3) is 2.93. The van der Waals surface area contributed by atoms with E-state index in [0.717, 1.165) is 11.1 Å². The highest BCUT2D eigenvalue weighted by molar-refractivity contribution is 6.25. The van der Waals surface area contributed by atoms with Crippen molar-refractivity contribution in [2.75, 3.05) is 0 Å². The van der Waals surface area contributed by atoms with Crippen LogP contribution in [0.1, 0.15) is 33.9 Å². The summed E-state index contributed by atoms with van der Waals surface area (Å²) in [6.07, 6.45) is 0.137. The van der Waals surface area contributed by atoms with E-state index in [1.807, 2.05) is 36.4 Å². The maximum atomic E-state index is 12.6. The standard InChI is InChI=1S/C19H17NO3/c1-12-7-5-6-10-14(12)18(22)17-16(21)11-15(20-19(17)23)13-8-3-2-4-9-13/h2-10,15,17H,11H2,1H3,(H,20,23). The third-order valence-corrected chi connectivity index (χ3v) is 4.18. The lowest BCUT2D eigenvalue weighted by molar-refractivity contribution is -0.136. The van der Waals surface area contributed by atoms with Crippen LogP contribution in [-0.4, -0.2) is 17.5 Å². The fourth-order valence-electron chi connectivity index (χ4n) is 2.93. The highest BCUT2D eigenvalue weighted by atomic mass is 16.2. The lowest BCUT2D eigenvalue weighted by Gasteiger charge is -2.28. The molecule has 0 saturated carbocycles. The molecular weight excluding hydrogens is 290 g/mol. The Labute approximate surface area is 134 Å². The first kappa shape index (κ1) is 15.2. The Morgan fingerprint density at radius 2 is 1.65 bits per heavy atom. The number of ketones is 2. The first-order valence-electron chi connectivity index (χ1n) is 7.56. The Balaban J connectivity index is 1.84. The Morgan fingerprint density at radius 1 is 1.00 bits per heavy atom. The predicted octanol–water partition coefficient (Wildman–Crippen LogP) is 2.62. The van der Waals surface area contributed by atoms with Crippen molar-refractivity contribution < 1.29 is 14.4 Å². The van der Waals surface area contributed by atoms with Gasteiger partial charge in [-0.05, 0) is 18.1 Å². The van der Waals surface area contributed by atoms with Gasteiger partial charge in [0.15, 0.2) is 17.5 Å². The predicted molar refractivity (Wildman–Crippen MR) is 85.9 cm³/mol. The van der Waals surface area contributed by atoms with Crippen molar-refractivity contribution in [1.29, 1.82) is 0 Å². The van der Waals surface area contributed by atoms with Gasteiger partial charge in [0.2, 0.25) is 5.91 Å². The largest absolute Gasteiger partial charge is 0.348 e. The molecule has 3 rings (SSSR count). The first-order chi connectivity index (χ1) is 11.1. The molecule has 4 nitrogen and oxygen atoms in total. The van der Waals surface area contributed by atoms with Gasteiger partial charge in [0.25, 0.3) is 0 Å². The smallest absolute Gasteiger partial charge is 0.239 e. The van der Waals surface area contributed by atoms with Crippen molar-refractivity contribution in [3.8, 4) is 0 Å². The zero-order valence-electron chi connectivity index (χ0n) is 12.8. The number of carbonyl (C=O) groups is 3. The number of hydrogen-bond donors (Lipinski definition) is 1. The van der Waals surface area contributed by atoms with Gasteiger partial charge < -0.3 is 5.32 Å². The Morgan fingerprint density at radius 3 is 2.30 bits per heavy atom. The highest BCUT2D eigenvalue weighted by Gasteiger charge is 2.41. The lowest BCUT2D eigenvalue weighted by atomic mass is 9.83. The molecule has 2 aromatic carbocycles. The molecule has 1 fully saturated rings. The summed E-state index contributed by atoms with van der Waals surface area (Å²) in [5.74, 6) is -2.49. The average molecular weight is 307 g/mol. The van der Waals surface area contributed by atoms with E-state index in [1.165, 1.54) is 0 Å². The van der Waals surface area contributed by atoms with Crippen LogP contribution in [0, 0.1) is 12.8 Å². The van der Waals surface area contributed by atoms with Crippen LogP contribution in [0.2, 0.25) is 0 Å². The molecule has 1 heterocycles. The van der Waals surface area contributed by atoms with Crippen molar-refractivity contribution in [3.63, 3.8) is 0 Å². The second kappa shape index (κ2) is 6.16. The van der Waals surface area contributed by atoms with Gasteiger partial charge in [-0.2, -0.15) is 0 Å². The van der Waals surface area contributed by atoms with E-state index in [1.54, 1.807) is 25.1 Å². The molecule has 2 unspecified atom stereocenters. The average Bonchev–Trinajstić information content (AvgIpc) is 2.55. The molecule has 2 atom stereocenters. The monoisotopic (exact) mass is 307 g/mol. The number of rotatable bonds is 3. The zero-order valence-corrected chi connectivity index (χ0v) is 12.8. The van der Waals surface area contributed by atoms with E-state index in [4.69, 9.17) is 0 Å². The summed E-state index contributed by atoms with van der Waals surface area (Å²) >= 11 is 0. The number of amides is 1. The zero-order chi connectivity index (χ0) is 16.4. The highest BCUT2D eigenvalue weighted by Crippen LogP contribution is 2.26. The SMILES string of the molecule is Cc1ccccc1C(=O)C1C(=O)CC(c2ccccc2)NC1=O. The normalized spacial score (nSPS) is 20.9. The van der Waals surface area contributed by atoms with Gasteiger partial charge in [-0.15, -0.1) is 0 Å². The number of hydrogen-bond acceptors (Lipinski definition) is 3. The van der Waals surface area contributed by atoms with Gasteiger partial charge in [0.1, 0.15) is 0 Å². The lowest BCUT2D eigenvalue weighted by Crippen LogP contribution is -2.48. The van der Waals surface area contributed by atoms with Gasteiger partial charge in [0, 0.05) is 12.0 Å². The molecule has 1 aliphatic heterocycles. The Kier molecular flexibility index (Phi) is 4.06. The minimum atomic E-state index is -1.24. The molecule has 0 aromatic heterocycles. The van der Waals surface area contributed by atoms with Crippen LogP contribution < -0.4 is 5.32 Å². The summed E-state index contributed by atoms with van der Waals surface area (Å²) in [6, 6.07) is 16.0. The minimum absolute atomic E-state index is 0.137. The second-order valence-electron chi connectivity index (χ2n) is 5.75. The van der Waals surface area contributed by atoms with Crippen LogP contribution in [0.25, 0.3) is 0 Å². The van der Waals surface area contributed by atoms with Gasteiger partial charge in [0.05, 0.1) is 6.04 Å². The van der Waals surface area contributed by atoms with E-state index >= 15 is 0 Å². The van der Waals surface area contributed by atoms with Crippen molar-refractivity contribution in [3.05, 3.63) is 71.3 Å². The molecule has 1 amide bonds. The molecule has 0 bridgehead atoms. The Bertz CT molecular complexity index is 749. The number of carbonyl (C=O) groups excluding carboxylic acids is 3. The number of piperidine rings is 1. The summed E-state index contributed by atoms with van der Waals surface area (Å²) in [5.41, 5.74) is 2.07. The van der Waals surface area contributed by atoms with Crippen molar-refractivity contribution >= 4 is 17.5 Å². The maximum absolute atomic E-state index is 12.6. The first-order valence-corrected chi connectivity index (χ1v) is 7.56. The van der Waals surface area contributed by atoms with Crippen LogP contribution in [0.3, 0.4) is 0 Å². The molecule has 1 saturated heterocycles. The maximum Gasteiger partial charge on any atom is 0.239 e. The third-order valence-electron chi connectivity index (χ3n) is 4.18. The minimum Gasteiger partial charge on any atom is -0.348 e. The van der Waals surface area contributed by atoms with Gasteiger partial charge in [-0.3, -0.25) is 14.4 Å². The van der Waals surface area contributed by atoms with Gasteiger partial charge in [-0.25, -0.2) is 0 Å². The quantitative estimate of drug-likeness (QED) is 0.700. The Hall–Kier alpha value is -2.75. The van der Waals surface area contributed by atoms with Crippen LogP contribution >= 0.6 is 0 Å². The van der Waals surface area contributed by atoms with E-state index in [2.05, 4.69) is 5.32 Å². The summed E-state index contributed by atoms with van der Waals surface area (Å²) in [5, 5.41) is 2.80. The van der Waals surface area contributed by atoms with Crippen LogP contribution in [0.15, 0.2) is 54.6 Å². The molecule has 1 aliphatic rings. The summed E-state index contributed by atoms with van der Waals surface area (Å²) < 4.78 is 0. The van der Waals surface area contributed by atoms with Crippen molar-refractivity contribution in [2.24, 2.45) is 5.92 Å². The molecular formula is C19H17NO3.